The van der Waals surface area contributed by atoms with Gasteiger partial charge in [0.1, 0.15) is 21.2 Å². The van der Waals surface area contributed by atoms with Crippen molar-refractivity contribution in [1.82, 2.24) is 5.32 Å². The van der Waals surface area contributed by atoms with E-state index in [0.29, 0.717) is 5.76 Å². The highest BCUT2D eigenvalue weighted by atomic mass is 32.2. The van der Waals surface area contributed by atoms with Gasteiger partial charge in [-0.3, -0.25) is 4.79 Å². The van der Waals surface area contributed by atoms with Crippen LogP contribution in [0.2, 0.25) is 0 Å². The second-order valence-electron chi connectivity index (χ2n) is 4.83. The molecule has 108 valence electrons. The molecular weight excluding hydrogens is 278 g/mol. The van der Waals surface area contributed by atoms with Crippen molar-refractivity contribution in [2.45, 2.75) is 12.8 Å². The highest BCUT2D eigenvalue weighted by molar-refractivity contribution is 7.90. The summed E-state index contributed by atoms with van der Waals surface area (Å²) >= 11 is 0. The molecule has 0 saturated carbocycles. The number of benzene rings is 1. The Bertz CT molecular complexity index is 685. The van der Waals surface area contributed by atoms with Gasteiger partial charge in [0.15, 0.2) is 0 Å². The normalized spacial score (nSPS) is 13.3. The van der Waals surface area contributed by atoms with Crippen LogP contribution in [0.5, 0.6) is 0 Å². The molecule has 1 N–H and O–H groups in total. The van der Waals surface area contributed by atoms with E-state index in [0.717, 1.165) is 17.2 Å². The average Bonchev–Trinajstić information content (AvgIpc) is 2.79. The lowest BCUT2D eigenvalue weighted by Gasteiger charge is -2.09. The number of carbonyl (C=O) groups is 1. The van der Waals surface area contributed by atoms with Gasteiger partial charge in [0.05, 0.1) is 11.7 Å². The Labute approximate surface area is 117 Å². The van der Waals surface area contributed by atoms with Gasteiger partial charge in [-0.25, -0.2) is 8.42 Å². The number of hydrogen-bond donors (Lipinski definition) is 1. The largest absolute Gasteiger partial charge is 0.460 e. The molecule has 0 bridgehead atoms. The van der Waals surface area contributed by atoms with Gasteiger partial charge in [0.25, 0.3) is 0 Å². The van der Waals surface area contributed by atoms with Crippen molar-refractivity contribution in [2.75, 3.05) is 18.6 Å². The second-order valence-corrected chi connectivity index (χ2v) is 7.09. The van der Waals surface area contributed by atoms with E-state index in [4.69, 9.17) is 4.42 Å². The van der Waals surface area contributed by atoms with Crippen molar-refractivity contribution in [2.24, 2.45) is 0 Å². The number of nitrogens with one attached hydrogen (secondary N) is 1. The first-order valence-electron chi connectivity index (χ1n) is 6.31. The minimum absolute atomic E-state index is 0.0639. The van der Waals surface area contributed by atoms with Gasteiger partial charge in [0, 0.05) is 18.2 Å². The van der Waals surface area contributed by atoms with Crippen molar-refractivity contribution < 1.29 is 17.6 Å². The number of sulfone groups is 1. The Morgan fingerprint density at radius 3 is 2.70 bits per heavy atom. The van der Waals surface area contributed by atoms with Gasteiger partial charge in [-0.15, -0.1) is 0 Å². The molecule has 0 fully saturated rings. The molecule has 0 unspecified atom stereocenters. The summed E-state index contributed by atoms with van der Waals surface area (Å²) in [7, 11) is -3.07. The van der Waals surface area contributed by atoms with E-state index in [1.165, 1.54) is 0 Å². The predicted octanol–water partition coefficient (Wildman–Crippen LogP) is 1.70. The number of amides is 1. The van der Waals surface area contributed by atoms with Crippen LogP contribution in [0.15, 0.2) is 34.7 Å². The maximum Gasteiger partial charge on any atom is 0.230 e. The molecule has 1 aromatic heterocycles. The number of furan rings is 1. The molecule has 1 amide bonds. The maximum atomic E-state index is 11.9. The quantitative estimate of drug-likeness (QED) is 0.911. The number of para-hydroxylation sites is 1. The van der Waals surface area contributed by atoms with E-state index in [2.05, 4.69) is 5.32 Å². The molecule has 2 rings (SSSR count). The van der Waals surface area contributed by atoms with E-state index in [-0.39, 0.29) is 18.2 Å². The van der Waals surface area contributed by atoms with Gasteiger partial charge in [0.2, 0.25) is 5.91 Å². The van der Waals surface area contributed by atoms with E-state index in [1.54, 1.807) is 6.92 Å². The lowest BCUT2D eigenvalue weighted by Crippen LogP contribution is -2.31. The standard InChI is InChI=1S/C14H17NO4S/c1-10(14(16)15-7-8-20(2,17)18)13-9-11-5-3-4-6-12(11)19-13/h3-6,9-10H,7-8H2,1-2H3,(H,15,16)/t10-/m0/s1. The molecule has 20 heavy (non-hydrogen) atoms. The highest BCUT2D eigenvalue weighted by Gasteiger charge is 2.19. The van der Waals surface area contributed by atoms with E-state index >= 15 is 0 Å². The van der Waals surface area contributed by atoms with Crippen LogP contribution in [0.4, 0.5) is 0 Å². The number of hydrogen-bond acceptors (Lipinski definition) is 4. The van der Waals surface area contributed by atoms with Crippen LogP contribution < -0.4 is 5.32 Å². The second kappa shape index (κ2) is 5.66. The Morgan fingerprint density at radius 2 is 2.05 bits per heavy atom. The lowest BCUT2D eigenvalue weighted by molar-refractivity contribution is -0.122. The molecule has 1 atom stereocenters. The van der Waals surface area contributed by atoms with E-state index in [9.17, 15) is 13.2 Å². The molecular formula is C14H17NO4S. The molecule has 1 heterocycles. The maximum absolute atomic E-state index is 11.9. The smallest absolute Gasteiger partial charge is 0.230 e. The number of carbonyl (C=O) groups excluding carboxylic acids is 1. The van der Waals surface area contributed by atoms with E-state index < -0.39 is 15.8 Å². The van der Waals surface area contributed by atoms with E-state index in [1.807, 2.05) is 30.3 Å². The Balaban J connectivity index is 2.03. The zero-order chi connectivity index (χ0) is 14.8. The number of rotatable bonds is 5. The summed E-state index contributed by atoms with van der Waals surface area (Å²) in [6.07, 6.45) is 1.14. The molecule has 1 aromatic carbocycles. The summed E-state index contributed by atoms with van der Waals surface area (Å²) in [4.78, 5) is 11.9. The Hall–Kier alpha value is -1.82. The minimum atomic E-state index is -3.07. The van der Waals surface area contributed by atoms with Gasteiger partial charge in [-0.05, 0) is 19.1 Å². The van der Waals surface area contributed by atoms with Gasteiger partial charge in [-0.2, -0.15) is 0 Å². The van der Waals surface area contributed by atoms with Crippen molar-refractivity contribution in [3.8, 4) is 0 Å². The van der Waals surface area contributed by atoms with Crippen molar-refractivity contribution in [3.63, 3.8) is 0 Å². The molecule has 6 heteroatoms. The van der Waals surface area contributed by atoms with Crippen molar-refractivity contribution in [3.05, 3.63) is 36.1 Å². The summed E-state index contributed by atoms with van der Waals surface area (Å²) in [5.74, 6) is -0.191. The zero-order valence-electron chi connectivity index (χ0n) is 11.4. The minimum Gasteiger partial charge on any atom is -0.460 e. The summed E-state index contributed by atoms with van der Waals surface area (Å²) in [5, 5.41) is 3.55. The lowest BCUT2D eigenvalue weighted by atomic mass is 10.1. The molecule has 0 aliphatic heterocycles. The Kier molecular flexibility index (Phi) is 4.13. The molecule has 0 saturated heterocycles. The zero-order valence-corrected chi connectivity index (χ0v) is 12.2. The van der Waals surface area contributed by atoms with Gasteiger partial charge >= 0.3 is 0 Å². The van der Waals surface area contributed by atoms with Crippen LogP contribution in [0, 0.1) is 0 Å². The SMILES string of the molecule is C[C@H](C(=O)NCCS(C)(=O)=O)c1cc2ccccc2o1. The molecule has 0 radical (unpaired) electrons. The average molecular weight is 295 g/mol. The molecule has 0 aliphatic rings. The first-order valence-corrected chi connectivity index (χ1v) is 8.37. The monoisotopic (exact) mass is 295 g/mol. The summed E-state index contributed by atoms with van der Waals surface area (Å²) in [6.45, 7) is 1.84. The number of fused-ring (bicyclic) bond motifs is 1. The van der Waals surface area contributed by atoms with Gasteiger partial charge in [-0.1, -0.05) is 18.2 Å². The van der Waals surface area contributed by atoms with Crippen molar-refractivity contribution in [1.29, 1.82) is 0 Å². The van der Waals surface area contributed by atoms with Crippen molar-refractivity contribution >= 4 is 26.7 Å². The first kappa shape index (κ1) is 14.6. The van der Waals surface area contributed by atoms with Crippen LogP contribution in [0.25, 0.3) is 11.0 Å². The van der Waals surface area contributed by atoms with Crippen LogP contribution in [-0.2, 0) is 14.6 Å². The fourth-order valence-corrected chi connectivity index (χ4v) is 2.33. The summed E-state index contributed by atoms with van der Waals surface area (Å²) in [5.41, 5.74) is 0.735. The third-order valence-electron chi connectivity index (χ3n) is 3.04. The Morgan fingerprint density at radius 1 is 1.35 bits per heavy atom. The summed E-state index contributed by atoms with van der Waals surface area (Å²) in [6, 6.07) is 9.35. The van der Waals surface area contributed by atoms with Crippen LogP contribution in [0.1, 0.15) is 18.6 Å². The first-order chi connectivity index (χ1) is 9.37. The van der Waals surface area contributed by atoms with Crippen LogP contribution >= 0.6 is 0 Å². The third-order valence-corrected chi connectivity index (χ3v) is 3.98. The molecule has 2 aromatic rings. The predicted molar refractivity (Wildman–Crippen MR) is 77.3 cm³/mol. The molecule has 0 aliphatic carbocycles. The fourth-order valence-electron chi connectivity index (χ4n) is 1.86. The van der Waals surface area contributed by atoms with Crippen LogP contribution in [0.3, 0.4) is 0 Å². The third kappa shape index (κ3) is 3.60. The molecule has 5 nitrogen and oxygen atoms in total. The topological polar surface area (TPSA) is 76.4 Å². The molecule has 0 spiro atoms. The van der Waals surface area contributed by atoms with Crippen LogP contribution in [-0.4, -0.2) is 32.9 Å². The van der Waals surface area contributed by atoms with Gasteiger partial charge < -0.3 is 9.73 Å². The summed E-state index contributed by atoms with van der Waals surface area (Å²) < 4.78 is 27.6. The fraction of sp³-hybridized carbons (Fsp3) is 0.357. The highest BCUT2D eigenvalue weighted by Crippen LogP contribution is 2.24.